The number of hydrogen-bond donors (Lipinski definition) is 0. The quantitative estimate of drug-likeness (QED) is 0.715. The second-order valence-electron chi connectivity index (χ2n) is 5.32. The van der Waals surface area contributed by atoms with Gasteiger partial charge in [0.2, 0.25) is 0 Å². The predicted molar refractivity (Wildman–Crippen MR) is 92.5 cm³/mol. The molecule has 0 atom stereocenters. The minimum Gasteiger partial charge on any atom is -0.494 e. The van der Waals surface area contributed by atoms with Gasteiger partial charge >= 0.3 is 0 Å². The van der Waals surface area contributed by atoms with Crippen LogP contribution in [0.2, 0.25) is 0 Å². The second kappa shape index (κ2) is 7.74. The van der Waals surface area contributed by atoms with Crippen molar-refractivity contribution < 1.29 is 9.47 Å². The Morgan fingerprint density at radius 2 is 1.09 bits per heavy atom. The molecule has 118 valence electrons. The van der Waals surface area contributed by atoms with Crippen LogP contribution >= 0.6 is 0 Å². The molecular formula is C19H25NO2. The largest absolute Gasteiger partial charge is 0.494 e. The fourth-order valence-corrected chi connectivity index (χ4v) is 2.48. The summed E-state index contributed by atoms with van der Waals surface area (Å²) in [5.41, 5.74) is 2.31. The third-order valence-corrected chi connectivity index (χ3v) is 3.37. The molecule has 0 aliphatic rings. The van der Waals surface area contributed by atoms with Crippen LogP contribution in [0.3, 0.4) is 0 Å². The number of benzene rings is 2. The molecule has 0 spiro atoms. The highest BCUT2D eigenvalue weighted by atomic mass is 16.5. The summed E-state index contributed by atoms with van der Waals surface area (Å²) < 4.78 is 11.0. The van der Waals surface area contributed by atoms with Crippen LogP contribution in [0, 0.1) is 0 Å². The molecule has 0 aliphatic carbocycles. The van der Waals surface area contributed by atoms with E-state index in [1.54, 1.807) is 0 Å². The molecule has 22 heavy (non-hydrogen) atoms. The van der Waals surface area contributed by atoms with Crippen LogP contribution in [0.4, 0.5) is 11.4 Å². The van der Waals surface area contributed by atoms with E-state index in [0.717, 1.165) is 22.9 Å². The van der Waals surface area contributed by atoms with Crippen molar-refractivity contribution in [3.05, 3.63) is 48.5 Å². The Bertz CT molecular complexity index is 511. The van der Waals surface area contributed by atoms with E-state index in [1.165, 1.54) is 0 Å². The Morgan fingerprint density at radius 1 is 0.727 bits per heavy atom. The van der Waals surface area contributed by atoms with E-state index in [0.29, 0.717) is 19.3 Å². The Labute approximate surface area is 133 Å². The van der Waals surface area contributed by atoms with Gasteiger partial charge in [-0.3, -0.25) is 0 Å². The molecule has 0 aromatic heterocycles. The minimum absolute atomic E-state index is 0.357. The third kappa shape index (κ3) is 3.94. The van der Waals surface area contributed by atoms with E-state index in [9.17, 15) is 0 Å². The Hall–Kier alpha value is -2.16. The normalized spacial score (nSPS) is 10.6. The predicted octanol–water partition coefficient (Wildman–Crippen LogP) is 5.03. The van der Waals surface area contributed by atoms with E-state index in [-0.39, 0.29) is 0 Å². The maximum Gasteiger partial charge on any atom is 0.119 e. The van der Waals surface area contributed by atoms with Crippen molar-refractivity contribution in [3.63, 3.8) is 0 Å². The molecule has 3 nitrogen and oxygen atoms in total. The van der Waals surface area contributed by atoms with Crippen molar-refractivity contribution in [2.45, 2.75) is 33.7 Å². The van der Waals surface area contributed by atoms with Gasteiger partial charge in [-0.25, -0.2) is 0 Å². The average Bonchev–Trinajstić information content (AvgIpc) is 2.51. The van der Waals surface area contributed by atoms with E-state index in [4.69, 9.17) is 9.47 Å². The lowest BCUT2D eigenvalue weighted by atomic mass is 10.2. The van der Waals surface area contributed by atoms with Crippen molar-refractivity contribution in [2.24, 2.45) is 0 Å². The fraction of sp³-hybridized carbons (Fsp3) is 0.368. The molecule has 0 unspecified atom stereocenters. The van der Waals surface area contributed by atoms with Gasteiger partial charge in [0.15, 0.2) is 0 Å². The Kier molecular flexibility index (Phi) is 5.70. The molecule has 3 heteroatoms. The first-order valence-electron chi connectivity index (χ1n) is 7.90. The van der Waals surface area contributed by atoms with Crippen LogP contribution < -0.4 is 14.4 Å². The van der Waals surface area contributed by atoms with Gasteiger partial charge in [0.1, 0.15) is 11.5 Å². The smallest absolute Gasteiger partial charge is 0.119 e. The molecule has 0 radical (unpaired) electrons. The van der Waals surface area contributed by atoms with Crippen LogP contribution in [-0.2, 0) is 0 Å². The number of nitrogens with zero attached hydrogens (tertiary/aromatic N) is 1. The maximum absolute atomic E-state index is 5.51. The Balaban J connectivity index is 2.25. The number of ether oxygens (including phenoxy) is 2. The first-order chi connectivity index (χ1) is 10.7. The molecule has 2 aromatic carbocycles. The summed E-state index contributed by atoms with van der Waals surface area (Å²) in [6.07, 6.45) is 0. The summed E-state index contributed by atoms with van der Waals surface area (Å²) in [6, 6.07) is 16.8. The highest BCUT2D eigenvalue weighted by molar-refractivity contribution is 5.65. The second-order valence-corrected chi connectivity index (χ2v) is 5.32. The van der Waals surface area contributed by atoms with Gasteiger partial charge in [-0.05, 0) is 76.2 Å². The molecule has 0 amide bonds. The van der Waals surface area contributed by atoms with Crippen molar-refractivity contribution in [1.29, 1.82) is 0 Å². The lowest BCUT2D eigenvalue weighted by molar-refractivity contribution is 0.340. The van der Waals surface area contributed by atoms with E-state index < -0.39 is 0 Å². The van der Waals surface area contributed by atoms with Crippen molar-refractivity contribution in [3.8, 4) is 11.5 Å². The first kappa shape index (κ1) is 16.2. The van der Waals surface area contributed by atoms with E-state index >= 15 is 0 Å². The summed E-state index contributed by atoms with van der Waals surface area (Å²) in [6.45, 7) is 9.74. The molecule has 2 aromatic rings. The van der Waals surface area contributed by atoms with Crippen molar-refractivity contribution in [1.82, 2.24) is 0 Å². The van der Waals surface area contributed by atoms with E-state index in [1.807, 2.05) is 38.1 Å². The number of hydrogen-bond acceptors (Lipinski definition) is 3. The zero-order chi connectivity index (χ0) is 15.9. The van der Waals surface area contributed by atoms with Crippen LogP contribution in [0.15, 0.2) is 48.5 Å². The van der Waals surface area contributed by atoms with Gasteiger partial charge in [-0.2, -0.15) is 0 Å². The zero-order valence-corrected chi connectivity index (χ0v) is 13.9. The third-order valence-electron chi connectivity index (χ3n) is 3.37. The number of anilines is 2. The first-order valence-corrected chi connectivity index (χ1v) is 7.90. The van der Waals surface area contributed by atoms with Crippen LogP contribution in [-0.4, -0.2) is 19.3 Å². The highest BCUT2D eigenvalue weighted by Crippen LogP contribution is 2.30. The summed E-state index contributed by atoms with van der Waals surface area (Å²) in [4.78, 5) is 2.30. The average molecular weight is 299 g/mol. The zero-order valence-electron chi connectivity index (χ0n) is 13.9. The minimum atomic E-state index is 0.357. The maximum atomic E-state index is 5.51. The molecule has 0 bridgehead atoms. The van der Waals surface area contributed by atoms with Crippen molar-refractivity contribution in [2.75, 3.05) is 18.1 Å². The summed E-state index contributed by atoms with van der Waals surface area (Å²) in [5.74, 6) is 1.81. The standard InChI is InChI=1S/C19H25NO2/c1-5-21-18-11-7-16(8-12-18)20(15(3)4)17-9-13-19(14-10-17)22-6-2/h7-15H,5-6H2,1-4H3. The summed E-state index contributed by atoms with van der Waals surface area (Å²) in [7, 11) is 0. The lowest BCUT2D eigenvalue weighted by Crippen LogP contribution is -2.25. The van der Waals surface area contributed by atoms with Crippen LogP contribution in [0.5, 0.6) is 11.5 Å². The number of rotatable bonds is 7. The van der Waals surface area contributed by atoms with Crippen LogP contribution in [0.25, 0.3) is 0 Å². The van der Waals surface area contributed by atoms with Gasteiger partial charge in [-0.15, -0.1) is 0 Å². The molecule has 0 saturated carbocycles. The molecule has 0 heterocycles. The van der Waals surface area contributed by atoms with Gasteiger partial charge in [0.05, 0.1) is 13.2 Å². The molecule has 0 N–H and O–H groups in total. The van der Waals surface area contributed by atoms with Gasteiger partial charge < -0.3 is 14.4 Å². The van der Waals surface area contributed by atoms with Gasteiger partial charge in [-0.1, -0.05) is 0 Å². The molecule has 0 aliphatic heterocycles. The molecule has 0 fully saturated rings. The topological polar surface area (TPSA) is 21.7 Å². The summed E-state index contributed by atoms with van der Waals surface area (Å²) in [5, 5.41) is 0. The van der Waals surface area contributed by atoms with E-state index in [2.05, 4.69) is 43.0 Å². The van der Waals surface area contributed by atoms with Gasteiger partial charge in [0, 0.05) is 17.4 Å². The lowest BCUT2D eigenvalue weighted by Gasteiger charge is -2.29. The van der Waals surface area contributed by atoms with Crippen LogP contribution in [0.1, 0.15) is 27.7 Å². The molecule has 0 saturated heterocycles. The Morgan fingerprint density at radius 3 is 1.36 bits per heavy atom. The molecular weight excluding hydrogens is 274 g/mol. The summed E-state index contributed by atoms with van der Waals surface area (Å²) >= 11 is 0. The SMILES string of the molecule is CCOc1ccc(N(c2ccc(OCC)cc2)C(C)C)cc1. The van der Waals surface area contributed by atoms with Gasteiger partial charge in [0.25, 0.3) is 0 Å². The fourth-order valence-electron chi connectivity index (χ4n) is 2.48. The van der Waals surface area contributed by atoms with Crippen molar-refractivity contribution >= 4 is 11.4 Å². The molecule has 2 rings (SSSR count). The highest BCUT2D eigenvalue weighted by Gasteiger charge is 2.13. The monoisotopic (exact) mass is 299 g/mol.